The smallest absolute Gasteiger partial charge is 0.294 e. The fourth-order valence-corrected chi connectivity index (χ4v) is 1.96. The monoisotopic (exact) mass is 319 g/mol. The van der Waals surface area contributed by atoms with Gasteiger partial charge in [-0.05, 0) is 19.5 Å². The summed E-state index contributed by atoms with van der Waals surface area (Å²) in [7, 11) is 0. The number of rotatable bonds is 2. The third-order valence-electron chi connectivity index (χ3n) is 2.98. The number of hydrogen-bond donors (Lipinski definition) is 0. The Labute approximate surface area is 136 Å². The van der Waals surface area contributed by atoms with E-state index in [1.165, 1.54) is 0 Å². The van der Waals surface area contributed by atoms with E-state index in [-0.39, 0.29) is 22.9 Å². The van der Waals surface area contributed by atoms with Gasteiger partial charge in [0.1, 0.15) is 0 Å². The first-order valence-corrected chi connectivity index (χ1v) is 6.56. The molecule has 0 unspecified atom stereocenters. The van der Waals surface area contributed by atoms with Crippen LogP contribution in [0.5, 0.6) is 0 Å². The van der Waals surface area contributed by atoms with E-state index in [9.17, 15) is 4.79 Å². The van der Waals surface area contributed by atoms with Crippen LogP contribution >= 0.6 is 0 Å². The topological polar surface area (TPSA) is 30.0 Å². The van der Waals surface area contributed by atoms with E-state index in [1.54, 1.807) is 6.92 Å². The van der Waals surface area contributed by atoms with E-state index in [1.807, 2.05) is 73.7 Å². The maximum Gasteiger partial charge on any atom is 2.00 e. The maximum atomic E-state index is 11.2. The molecule has 0 atom stereocenters. The van der Waals surface area contributed by atoms with Crippen molar-refractivity contribution in [2.45, 2.75) is 13.8 Å². The molecule has 1 aromatic heterocycles. The molecule has 0 spiro atoms. The summed E-state index contributed by atoms with van der Waals surface area (Å²) in [6, 6.07) is 21.7. The SMILES string of the molecule is CC(=O)c1ccc(-[c-]2cccc2)nc1C.[Fe+2].c1cc[cH-]c1. The Hall–Kier alpha value is -1.96. The van der Waals surface area contributed by atoms with Crippen LogP contribution in [-0.2, 0) is 17.1 Å². The Morgan fingerprint density at radius 1 is 1.10 bits per heavy atom. The zero-order valence-electron chi connectivity index (χ0n) is 12.1. The third kappa shape index (κ3) is 4.82. The summed E-state index contributed by atoms with van der Waals surface area (Å²) >= 11 is 0. The predicted molar refractivity (Wildman–Crippen MR) is 82.0 cm³/mol. The molecule has 3 aromatic rings. The molecular weight excluding hydrogens is 302 g/mol. The van der Waals surface area contributed by atoms with Crippen molar-refractivity contribution in [1.82, 2.24) is 4.98 Å². The van der Waals surface area contributed by atoms with Gasteiger partial charge >= 0.3 is 17.1 Å². The Morgan fingerprint density at radius 3 is 2.14 bits per heavy atom. The van der Waals surface area contributed by atoms with E-state index in [2.05, 4.69) is 4.98 Å². The number of carbonyl (C=O) groups excluding carboxylic acids is 1. The number of ketones is 1. The minimum absolute atomic E-state index is 0. The van der Waals surface area contributed by atoms with Crippen molar-refractivity contribution in [3.63, 3.8) is 0 Å². The number of hydrogen-bond acceptors (Lipinski definition) is 2. The van der Waals surface area contributed by atoms with Gasteiger partial charge in [-0.3, -0.25) is 9.78 Å². The molecule has 3 rings (SSSR count). The first-order chi connectivity index (χ1) is 9.68. The second-order valence-electron chi connectivity index (χ2n) is 4.52. The summed E-state index contributed by atoms with van der Waals surface area (Å²) in [5, 5.41) is 0. The average molecular weight is 319 g/mol. The molecule has 0 saturated carbocycles. The molecule has 3 heteroatoms. The molecule has 0 aliphatic heterocycles. The predicted octanol–water partition coefficient (Wildman–Crippen LogP) is 4.38. The van der Waals surface area contributed by atoms with Crippen molar-refractivity contribution in [3.05, 3.63) is 78.0 Å². The van der Waals surface area contributed by atoms with Gasteiger partial charge in [0.2, 0.25) is 0 Å². The van der Waals surface area contributed by atoms with Crippen LogP contribution in [0.2, 0.25) is 0 Å². The Kier molecular flexibility index (Phi) is 6.80. The number of Topliss-reactive ketones (excluding diaryl/α,β-unsaturated/α-hetero) is 1. The molecule has 0 radical (unpaired) electrons. The molecule has 2 aromatic carbocycles. The van der Waals surface area contributed by atoms with Crippen molar-refractivity contribution in [2.24, 2.45) is 0 Å². The number of carbonyl (C=O) groups is 1. The summed E-state index contributed by atoms with van der Waals surface area (Å²) in [5.41, 5.74) is 3.50. The first kappa shape index (κ1) is 17.1. The summed E-state index contributed by atoms with van der Waals surface area (Å²) in [6.07, 6.45) is 0. The number of nitrogens with zero attached hydrogens (tertiary/aromatic N) is 1. The van der Waals surface area contributed by atoms with Crippen molar-refractivity contribution in [1.29, 1.82) is 0 Å². The molecule has 108 valence electrons. The molecule has 2 nitrogen and oxygen atoms in total. The van der Waals surface area contributed by atoms with Crippen molar-refractivity contribution in [2.75, 3.05) is 0 Å². The van der Waals surface area contributed by atoms with Gasteiger partial charge in [0.25, 0.3) is 0 Å². The molecule has 0 bridgehead atoms. The first-order valence-electron chi connectivity index (χ1n) is 6.56. The third-order valence-corrected chi connectivity index (χ3v) is 2.98. The Morgan fingerprint density at radius 2 is 1.71 bits per heavy atom. The number of aryl methyl sites for hydroxylation is 1. The average Bonchev–Trinajstić information content (AvgIpc) is 3.14. The summed E-state index contributed by atoms with van der Waals surface area (Å²) < 4.78 is 0. The van der Waals surface area contributed by atoms with Gasteiger partial charge in [0.15, 0.2) is 5.78 Å². The Balaban J connectivity index is 0.000000313. The second kappa shape index (κ2) is 8.35. The molecule has 1 heterocycles. The van der Waals surface area contributed by atoms with Crippen LogP contribution in [0.3, 0.4) is 0 Å². The fourth-order valence-electron chi connectivity index (χ4n) is 1.96. The van der Waals surface area contributed by atoms with Crippen molar-refractivity contribution < 1.29 is 21.9 Å². The summed E-state index contributed by atoms with van der Waals surface area (Å²) in [5.74, 6) is 0.0639. The van der Waals surface area contributed by atoms with Gasteiger partial charge in [-0.15, -0.1) is 18.2 Å². The van der Waals surface area contributed by atoms with Crippen LogP contribution < -0.4 is 0 Å². The molecule has 0 amide bonds. The molecule has 0 aliphatic carbocycles. The standard InChI is InChI=1S/C13H12NO.C5H5.Fe/c1-9-12(10(2)15)7-8-13(14-9)11-5-3-4-6-11;1-2-4-5-3-1;/h3-8H,1-2H3;1-5H;/q2*-1;+2. The normalized spacial score (nSPS) is 9.24. The largest absolute Gasteiger partial charge is 2.00 e. The number of aromatic nitrogens is 1. The van der Waals surface area contributed by atoms with E-state index < -0.39 is 0 Å². The molecule has 0 N–H and O–H groups in total. The van der Waals surface area contributed by atoms with Gasteiger partial charge in [0, 0.05) is 11.3 Å². The van der Waals surface area contributed by atoms with Crippen LogP contribution in [0.15, 0.2) is 66.7 Å². The Bertz CT molecular complexity index is 637. The van der Waals surface area contributed by atoms with Crippen LogP contribution in [-0.4, -0.2) is 10.8 Å². The molecule has 0 aliphatic rings. The molecular formula is C18H17FeNO. The zero-order valence-corrected chi connectivity index (χ0v) is 13.2. The second-order valence-corrected chi connectivity index (χ2v) is 4.52. The van der Waals surface area contributed by atoms with Crippen LogP contribution in [0, 0.1) is 6.92 Å². The summed E-state index contributed by atoms with van der Waals surface area (Å²) in [4.78, 5) is 15.6. The maximum absolute atomic E-state index is 11.2. The van der Waals surface area contributed by atoms with Crippen LogP contribution in [0.25, 0.3) is 11.3 Å². The molecule has 0 fully saturated rings. The van der Waals surface area contributed by atoms with Gasteiger partial charge < -0.3 is 0 Å². The van der Waals surface area contributed by atoms with Crippen molar-refractivity contribution in [3.8, 4) is 11.3 Å². The van der Waals surface area contributed by atoms with Crippen molar-refractivity contribution >= 4 is 5.78 Å². The zero-order chi connectivity index (χ0) is 14.4. The van der Waals surface area contributed by atoms with Gasteiger partial charge in [-0.2, -0.15) is 30.3 Å². The summed E-state index contributed by atoms with van der Waals surface area (Å²) in [6.45, 7) is 3.43. The minimum atomic E-state index is 0. The van der Waals surface area contributed by atoms with Crippen LogP contribution in [0.4, 0.5) is 0 Å². The van der Waals surface area contributed by atoms with E-state index in [4.69, 9.17) is 0 Å². The van der Waals surface area contributed by atoms with Gasteiger partial charge in [0.05, 0.1) is 0 Å². The van der Waals surface area contributed by atoms with Crippen LogP contribution in [0.1, 0.15) is 23.0 Å². The van der Waals surface area contributed by atoms with E-state index in [0.717, 1.165) is 17.0 Å². The van der Waals surface area contributed by atoms with Gasteiger partial charge in [-0.25, -0.2) is 12.1 Å². The number of pyridine rings is 1. The molecule has 21 heavy (non-hydrogen) atoms. The van der Waals surface area contributed by atoms with E-state index in [0.29, 0.717) is 5.56 Å². The molecule has 0 saturated heterocycles. The fraction of sp³-hybridized carbons (Fsp3) is 0.111. The van der Waals surface area contributed by atoms with E-state index >= 15 is 0 Å². The van der Waals surface area contributed by atoms with Gasteiger partial charge in [-0.1, -0.05) is 11.6 Å². The minimum Gasteiger partial charge on any atom is -0.294 e. The quantitative estimate of drug-likeness (QED) is 0.398.